The van der Waals surface area contributed by atoms with Crippen LogP contribution in [0.5, 0.6) is 0 Å². The van der Waals surface area contributed by atoms with Crippen LogP contribution in [-0.2, 0) is 0 Å². The molecule has 0 aliphatic carbocycles. The van der Waals surface area contributed by atoms with E-state index in [1.165, 1.54) is 0 Å². The second-order valence-corrected chi connectivity index (χ2v) is 4.53. The zero-order chi connectivity index (χ0) is 11.5. The van der Waals surface area contributed by atoms with Gasteiger partial charge in [-0.3, -0.25) is 4.98 Å². The van der Waals surface area contributed by atoms with Crippen molar-refractivity contribution in [2.45, 2.75) is 26.7 Å². The van der Waals surface area contributed by atoms with Crippen LogP contribution in [-0.4, -0.2) is 34.8 Å². The van der Waals surface area contributed by atoms with Crippen LogP contribution in [0.25, 0.3) is 0 Å². The van der Waals surface area contributed by atoms with Crippen molar-refractivity contribution in [3.63, 3.8) is 0 Å². The van der Waals surface area contributed by atoms with Gasteiger partial charge in [0, 0.05) is 25.9 Å². The van der Waals surface area contributed by atoms with Crippen LogP contribution in [0.3, 0.4) is 0 Å². The molecule has 0 amide bonds. The molecule has 1 aliphatic heterocycles. The molecule has 4 nitrogen and oxygen atoms in total. The minimum atomic E-state index is 0.289. The van der Waals surface area contributed by atoms with E-state index in [0.717, 1.165) is 43.1 Å². The van der Waals surface area contributed by atoms with Gasteiger partial charge in [0.15, 0.2) is 0 Å². The van der Waals surface area contributed by atoms with Crippen LogP contribution in [0.2, 0.25) is 0 Å². The lowest BCUT2D eigenvalue weighted by Crippen LogP contribution is -2.22. The highest BCUT2D eigenvalue weighted by Gasteiger charge is 2.24. The molecule has 0 radical (unpaired) electrons. The first-order chi connectivity index (χ1) is 7.70. The zero-order valence-electron chi connectivity index (χ0n) is 9.98. The van der Waals surface area contributed by atoms with Crippen LogP contribution >= 0.6 is 0 Å². The number of aliphatic hydroxyl groups excluding tert-OH is 1. The molecule has 1 saturated heterocycles. The monoisotopic (exact) mass is 221 g/mol. The summed E-state index contributed by atoms with van der Waals surface area (Å²) < 4.78 is 0. The molecule has 1 aromatic heterocycles. The molecular formula is C12H19N3O. The van der Waals surface area contributed by atoms with Gasteiger partial charge in [-0.15, -0.1) is 0 Å². The minimum Gasteiger partial charge on any atom is -0.396 e. The summed E-state index contributed by atoms with van der Waals surface area (Å²) in [5, 5.41) is 8.94. The molecule has 0 bridgehead atoms. The minimum absolute atomic E-state index is 0.289. The molecule has 1 N–H and O–H groups in total. The summed E-state index contributed by atoms with van der Waals surface area (Å²) in [6, 6.07) is 0. The maximum absolute atomic E-state index is 8.94. The van der Waals surface area contributed by atoms with Gasteiger partial charge in [0.2, 0.25) is 0 Å². The Hall–Kier alpha value is -1.16. The van der Waals surface area contributed by atoms with E-state index in [1.54, 1.807) is 6.20 Å². The summed E-state index contributed by atoms with van der Waals surface area (Å²) in [5.41, 5.74) is 1.96. The first-order valence-corrected chi connectivity index (χ1v) is 5.86. The maximum Gasteiger partial charge on any atom is 0.150 e. The Kier molecular flexibility index (Phi) is 3.39. The molecule has 0 spiro atoms. The normalized spacial score (nSPS) is 20.4. The van der Waals surface area contributed by atoms with Crippen molar-refractivity contribution in [2.24, 2.45) is 5.92 Å². The molecule has 1 aromatic rings. The number of rotatable bonds is 3. The number of aromatic nitrogens is 2. The SMILES string of the molecule is Cc1cnc(C)c(N2CCC(CCO)C2)n1. The summed E-state index contributed by atoms with van der Waals surface area (Å²) in [4.78, 5) is 11.2. The van der Waals surface area contributed by atoms with Gasteiger partial charge < -0.3 is 10.0 Å². The molecule has 0 saturated carbocycles. The molecule has 1 fully saturated rings. The first-order valence-electron chi connectivity index (χ1n) is 5.86. The fourth-order valence-electron chi connectivity index (χ4n) is 2.27. The average molecular weight is 221 g/mol. The van der Waals surface area contributed by atoms with E-state index >= 15 is 0 Å². The van der Waals surface area contributed by atoms with Gasteiger partial charge in [-0.2, -0.15) is 0 Å². The summed E-state index contributed by atoms with van der Waals surface area (Å²) in [5.74, 6) is 1.62. The Morgan fingerprint density at radius 1 is 1.50 bits per heavy atom. The van der Waals surface area contributed by atoms with E-state index in [0.29, 0.717) is 5.92 Å². The molecule has 2 heterocycles. The number of hydrogen-bond donors (Lipinski definition) is 1. The van der Waals surface area contributed by atoms with Crippen molar-refractivity contribution >= 4 is 5.82 Å². The summed E-state index contributed by atoms with van der Waals surface area (Å²) in [7, 11) is 0. The molecule has 0 aromatic carbocycles. The van der Waals surface area contributed by atoms with Gasteiger partial charge >= 0.3 is 0 Å². The molecular weight excluding hydrogens is 202 g/mol. The van der Waals surface area contributed by atoms with Gasteiger partial charge in [0.25, 0.3) is 0 Å². The van der Waals surface area contributed by atoms with Gasteiger partial charge in [0.05, 0.1) is 11.4 Å². The van der Waals surface area contributed by atoms with Gasteiger partial charge in [-0.25, -0.2) is 4.98 Å². The Morgan fingerprint density at radius 2 is 2.31 bits per heavy atom. The van der Waals surface area contributed by atoms with Crippen molar-refractivity contribution in [3.8, 4) is 0 Å². The van der Waals surface area contributed by atoms with E-state index in [-0.39, 0.29) is 6.61 Å². The molecule has 16 heavy (non-hydrogen) atoms. The van der Waals surface area contributed by atoms with Gasteiger partial charge in [0.1, 0.15) is 5.82 Å². The summed E-state index contributed by atoms with van der Waals surface area (Å²) in [6.45, 7) is 6.29. The third-order valence-corrected chi connectivity index (χ3v) is 3.17. The summed E-state index contributed by atoms with van der Waals surface area (Å²) >= 11 is 0. The van der Waals surface area contributed by atoms with Crippen LogP contribution in [0.15, 0.2) is 6.20 Å². The fraction of sp³-hybridized carbons (Fsp3) is 0.667. The molecule has 1 atom stereocenters. The van der Waals surface area contributed by atoms with E-state index in [4.69, 9.17) is 5.11 Å². The number of anilines is 1. The average Bonchev–Trinajstić information content (AvgIpc) is 2.71. The largest absolute Gasteiger partial charge is 0.396 e. The fourth-order valence-corrected chi connectivity index (χ4v) is 2.27. The first kappa shape index (κ1) is 11.3. The van der Waals surface area contributed by atoms with E-state index in [2.05, 4.69) is 14.9 Å². The molecule has 1 unspecified atom stereocenters. The zero-order valence-corrected chi connectivity index (χ0v) is 9.98. The molecule has 88 valence electrons. The number of hydrogen-bond acceptors (Lipinski definition) is 4. The third-order valence-electron chi connectivity index (χ3n) is 3.17. The molecule has 2 rings (SSSR count). The van der Waals surface area contributed by atoms with Crippen LogP contribution in [0.1, 0.15) is 24.2 Å². The van der Waals surface area contributed by atoms with Crippen LogP contribution in [0.4, 0.5) is 5.82 Å². The van der Waals surface area contributed by atoms with Gasteiger partial charge in [-0.1, -0.05) is 0 Å². The topological polar surface area (TPSA) is 49.2 Å². The van der Waals surface area contributed by atoms with Crippen LogP contribution in [0, 0.1) is 19.8 Å². The quantitative estimate of drug-likeness (QED) is 0.836. The van der Waals surface area contributed by atoms with E-state index in [1.807, 2.05) is 13.8 Å². The van der Waals surface area contributed by atoms with Crippen LogP contribution < -0.4 is 4.90 Å². The molecule has 4 heteroatoms. The van der Waals surface area contributed by atoms with Crippen molar-refractivity contribution in [3.05, 3.63) is 17.6 Å². The summed E-state index contributed by atoms with van der Waals surface area (Å²) in [6.07, 6.45) is 3.85. The second kappa shape index (κ2) is 4.78. The highest BCUT2D eigenvalue weighted by molar-refractivity contribution is 5.44. The predicted molar refractivity (Wildman–Crippen MR) is 63.5 cm³/mol. The lowest BCUT2D eigenvalue weighted by Gasteiger charge is -2.19. The highest BCUT2D eigenvalue weighted by Crippen LogP contribution is 2.25. The van der Waals surface area contributed by atoms with Gasteiger partial charge in [-0.05, 0) is 32.6 Å². The number of nitrogens with zero attached hydrogens (tertiary/aromatic N) is 3. The van der Waals surface area contributed by atoms with Crippen molar-refractivity contribution in [2.75, 3.05) is 24.6 Å². The predicted octanol–water partition coefficient (Wildman–Crippen LogP) is 1.30. The highest BCUT2D eigenvalue weighted by atomic mass is 16.3. The lowest BCUT2D eigenvalue weighted by atomic mass is 10.1. The standard InChI is InChI=1S/C12H19N3O/c1-9-7-13-10(2)12(14-9)15-5-3-11(8-15)4-6-16/h7,11,16H,3-6,8H2,1-2H3. The lowest BCUT2D eigenvalue weighted by molar-refractivity contribution is 0.263. The maximum atomic E-state index is 8.94. The Morgan fingerprint density at radius 3 is 3.06 bits per heavy atom. The second-order valence-electron chi connectivity index (χ2n) is 4.53. The smallest absolute Gasteiger partial charge is 0.150 e. The van der Waals surface area contributed by atoms with Crippen molar-refractivity contribution in [1.29, 1.82) is 0 Å². The van der Waals surface area contributed by atoms with E-state index < -0.39 is 0 Å². The third kappa shape index (κ3) is 2.32. The van der Waals surface area contributed by atoms with Crippen molar-refractivity contribution in [1.82, 2.24) is 9.97 Å². The van der Waals surface area contributed by atoms with E-state index in [9.17, 15) is 0 Å². The Labute approximate surface area is 96.3 Å². The number of aryl methyl sites for hydroxylation is 2. The molecule has 1 aliphatic rings. The van der Waals surface area contributed by atoms with Crippen molar-refractivity contribution < 1.29 is 5.11 Å². The number of aliphatic hydroxyl groups is 1. The Balaban J connectivity index is 2.11. The Bertz CT molecular complexity index is 367.